The molecule has 1 aliphatic heterocycles. The molecular formula is C27H20Cl3FN2O5S. The first-order chi connectivity index (χ1) is 18.6. The minimum Gasteiger partial charge on any atom is -0.490 e. The molecule has 0 bridgehead atoms. The van der Waals surface area contributed by atoms with Crippen LogP contribution >= 0.6 is 46.6 Å². The van der Waals surface area contributed by atoms with E-state index in [1.54, 1.807) is 36.4 Å². The van der Waals surface area contributed by atoms with E-state index in [4.69, 9.17) is 44.3 Å². The zero-order valence-electron chi connectivity index (χ0n) is 20.3. The van der Waals surface area contributed by atoms with Gasteiger partial charge in [0.2, 0.25) is 5.91 Å². The van der Waals surface area contributed by atoms with Crippen LogP contribution in [0.3, 0.4) is 0 Å². The van der Waals surface area contributed by atoms with E-state index in [0.717, 1.165) is 16.5 Å². The summed E-state index contributed by atoms with van der Waals surface area (Å²) in [6, 6.07) is 13.9. The number of carbonyl (C=O) groups excluding carboxylic acids is 3. The molecule has 1 heterocycles. The van der Waals surface area contributed by atoms with Gasteiger partial charge in [0.15, 0.2) is 11.5 Å². The number of nitrogens with zero attached hydrogens (tertiary/aromatic N) is 1. The van der Waals surface area contributed by atoms with Crippen LogP contribution in [0, 0.1) is 5.82 Å². The molecule has 3 amide bonds. The average molecular weight is 610 g/mol. The summed E-state index contributed by atoms with van der Waals surface area (Å²) in [5.41, 5.74) is 1.64. The molecule has 0 aromatic heterocycles. The van der Waals surface area contributed by atoms with Crippen molar-refractivity contribution >= 4 is 75.4 Å². The van der Waals surface area contributed by atoms with Crippen molar-refractivity contribution in [3.8, 4) is 11.5 Å². The number of imide groups is 1. The van der Waals surface area contributed by atoms with Crippen LogP contribution in [-0.2, 0) is 16.2 Å². The molecule has 4 rings (SSSR count). The van der Waals surface area contributed by atoms with E-state index in [9.17, 15) is 18.8 Å². The molecule has 0 saturated carbocycles. The van der Waals surface area contributed by atoms with E-state index >= 15 is 0 Å². The van der Waals surface area contributed by atoms with Crippen LogP contribution in [-0.4, -0.2) is 35.1 Å². The number of halogens is 4. The largest absolute Gasteiger partial charge is 0.490 e. The Labute approximate surface area is 242 Å². The molecule has 0 atom stereocenters. The number of thioether (sulfide) groups is 1. The summed E-state index contributed by atoms with van der Waals surface area (Å²) < 4.78 is 25.0. The van der Waals surface area contributed by atoms with Gasteiger partial charge in [0.25, 0.3) is 11.1 Å². The Morgan fingerprint density at radius 2 is 1.77 bits per heavy atom. The van der Waals surface area contributed by atoms with E-state index in [0.29, 0.717) is 45.5 Å². The smallest absolute Gasteiger partial charge is 0.294 e. The Bertz CT molecular complexity index is 1480. The van der Waals surface area contributed by atoms with Crippen molar-refractivity contribution < 1.29 is 28.2 Å². The normalized spacial score (nSPS) is 14.2. The quantitative estimate of drug-likeness (QED) is 0.254. The molecule has 1 aliphatic rings. The number of amides is 3. The monoisotopic (exact) mass is 608 g/mol. The summed E-state index contributed by atoms with van der Waals surface area (Å²) in [5.74, 6) is -0.962. The van der Waals surface area contributed by atoms with Gasteiger partial charge in [-0.25, -0.2) is 4.39 Å². The lowest BCUT2D eigenvalue weighted by Crippen LogP contribution is -2.36. The van der Waals surface area contributed by atoms with Crippen molar-refractivity contribution in [3.63, 3.8) is 0 Å². The Morgan fingerprint density at radius 1 is 0.974 bits per heavy atom. The molecule has 202 valence electrons. The molecule has 0 unspecified atom stereocenters. The molecule has 0 aliphatic carbocycles. The van der Waals surface area contributed by atoms with Crippen LogP contribution < -0.4 is 14.8 Å². The first-order valence-corrected chi connectivity index (χ1v) is 13.4. The Kier molecular flexibility index (Phi) is 9.40. The van der Waals surface area contributed by atoms with Gasteiger partial charge in [0.05, 0.1) is 26.6 Å². The lowest BCUT2D eigenvalue weighted by atomic mass is 10.1. The summed E-state index contributed by atoms with van der Waals surface area (Å²) in [6.45, 7) is 1.91. The molecule has 12 heteroatoms. The fraction of sp³-hybridized carbons (Fsp3) is 0.148. The van der Waals surface area contributed by atoms with E-state index < -0.39 is 29.4 Å². The van der Waals surface area contributed by atoms with Crippen molar-refractivity contribution in [1.82, 2.24) is 4.90 Å². The van der Waals surface area contributed by atoms with Gasteiger partial charge in [0.1, 0.15) is 19.0 Å². The number of ether oxygens (including phenoxy) is 2. The second kappa shape index (κ2) is 12.7. The Hall–Kier alpha value is -3.24. The van der Waals surface area contributed by atoms with Crippen molar-refractivity contribution in [2.24, 2.45) is 0 Å². The number of anilines is 1. The zero-order chi connectivity index (χ0) is 28.1. The van der Waals surface area contributed by atoms with Crippen LogP contribution in [0.15, 0.2) is 59.5 Å². The third-order valence-corrected chi connectivity index (χ3v) is 7.26. The molecule has 1 saturated heterocycles. The first kappa shape index (κ1) is 28.8. The van der Waals surface area contributed by atoms with Crippen LogP contribution in [0.4, 0.5) is 14.9 Å². The molecule has 39 heavy (non-hydrogen) atoms. The van der Waals surface area contributed by atoms with Crippen LogP contribution in [0.5, 0.6) is 11.5 Å². The second-order valence-electron chi connectivity index (χ2n) is 8.12. The summed E-state index contributed by atoms with van der Waals surface area (Å²) >= 11 is 18.5. The first-order valence-electron chi connectivity index (χ1n) is 11.5. The fourth-order valence-electron chi connectivity index (χ4n) is 3.50. The minimum absolute atomic E-state index is 0.143. The number of carbonyl (C=O) groups is 3. The molecule has 0 spiro atoms. The zero-order valence-corrected chi connectivity index (χ0v) is 23.4. The van der Waals surface area contributed by atoms with Gasteiger partial charge in [-0.15, -0.1) is 0 Å². The van der Waals surface area contributed by atoms with Gasteiger partial charge < -0.3 is 14.8 Å². The van der Waals surface area contributed by atoms with Crippen molar-refractivity contribution in [2.45, 2.75) is 13.5 Å². The number of hydrogen-bond donors (Lipinski definition) is 1. The summed E-state index contributed by atoms with van der Waals surface area (Å²) in [4.78, 5) is 38.7. The maximum Gasteiger partial charge on any atom is 0.294 e. The van der Waals surface area contributed by atoms with Crippen molar-refractivity contribution in [2.75, 3.05) is 18.5 Å². The third-order valence-electron chi connectivity index (χ3n) is 5.32. The topological polar surface area (TPSA) is 84.9 Å². The highest BCUT2D eigenvalue weighted by Gasteiger charge is 2.36. The minimum atomic E-state index is -0.636. The lowest BCUT2D eigenvalue weighted by molar-refractivity contribution is -0.127. The molecule has 3 aromatic carbocycles. The molecule has 7 nitrogen and oxygen atoms in total. The van der Waals surface area contributed by atoms with Crippen LogP contribution in [0.25, 0.3) is 6.08 Å². The number of nitrogens with one attached hydrogen (secondary N) is 1. The summed E-state index contributed by atoms with van der Waals surface area (Å²) in [7, 11) is 0. The van der Waals surface area contributed by atoms with Gasteiger partial charge in [-0.2, -0.15) is 0 Å². The highest BCUT2D eigenvalue weighted by atomic mass is 35.5. The number of rotatable bonds is 9. The highest BCUT2D eigenvalue weighted by Crippen LogP contribution is 2.35. The standard InChI is InChI=1S/C27H20Cl3FN2O5S/c1-2-37-23-10-15(4-8-22(23)38-14-16-3-6-18(28)19(29)9-16)11-24-26(35)33(27(36)39-24)13-25(34)32-17-5-7-21(31)20(30)12-17/h3-12H,2,13-14H2,1H3,(H,32,34)/b24-11+. The molecule has 0 radical (unpaired) electrons. The predicted molar refractivity (Wildman–Crippen MR) is 151 cm³/mol. The summed E-state index contributed by atoms with van der Waals surface area (Å²) in [5, 5.41) is 2.60. The maximum atomic E-state index is 13.3. The molecule has 1 fully saturated rings. The molecular weight excluding hydrogens is 590 g/mol. The van der Waals surface area contributed by atoms with Gasteiger partial charge in [-0.05, 0) is 78.4 Å². The van der Waals surface area contributed by atoms with Crippen LogP contribution in [0.1, 0.15) is 18.1 Å². The van der Waals surface area contributed by atoms with Crippen molar-refractivity contribution in [3.05, 3.63) is 91.5 Å². The molecule has 3 aromatic rings. The average Bonchev–Trinajstić information content (AvgIpc) is 3.15. The SMILES string of the molecule is CCOc1cc(/C=C2/SC(=O)N(CC(=O)Nc3ccc(F)c(Cl)c3)C2=O)ccc1OCc1ccc(Cl)c(Cl)c1. The van der Waals surface area contributed by atoms with Crippen molar-refractivity contribution in [1.29, 1.82) is 0 Å². The highest BCUT2D eigenvalue weighted by molar-refractivity contribution is 8.18. The molecule has 1 N–H and O–H groups in total. The lowest BCUT2D eigenvalue weighted by Gasteiger charge is -2.13. The van der Waals surface area contributed by atoms with Gasteiger partial charge >= 0.3 is 0 Å². The predicted octanol–water partition coefficient (Wildman–Crippen LogP) is 7.44. The maximum absolute atomic E-state index is 13.3. The summed E-state index contributed by atoms with van der Waals surface area (Å²) in [6.07, 6.45) is 1.54. The van der Waals surface area contributed by atoms with E-state index in [1.807, 2.05) is 6.92 Å². The second-order valence-corrected chi connectivity index (χ2v) is 10.3. The fourth-order valence-corrected chi connectivity index (χ4v) is 4.84. The third kappa shape index (κ3) is 7.24. The Morgan fingerprint density at radius 3 is 2.49 bits per heavy atom. The van der Waals surface area contributed by atoms with Gasteiger partial charge in [-0.1, -0.05) is 46.9 Å². The van der Waals surface area contributed by atoms with E-state index in [-0.39, 0.29) is 22.2 Å². The van der Waals surface area contributed by atoms with Gasteiger partial charge in [-0.3, -0.25) is 19.3 Å². The number of benzene rings is 3. The van der Waals surface area contributed by atoms with Crippen LogP contribution in [0.2, 0.25) is 15.1 Å². The van der Waals surface area contributed by atoms with Gasteiger partial charge in [0, 0.05) is 5.69 Å². The van der Waals surface area contributed by atoms with E-state index in [1.165, 1.54) is 18.2 Å². The number of hydrogen-bond acceptors (Lipinski definition) is 6. The van der Waals surface area contributed by atoms with E-state index in [2.05, 4.69) is 5.32 Å². The Balaban J connectivity index is 1.44.